The minimum absolute atomic E-state index is 0. The van der Waals surface area contributed by atoms with Crippen LogP contribution in [0.2, 0.25) is 0 Å². The summed E-state index contributed by atoms with van der Waals surface area (Å²) in [6.07, 6.45) is 24.7. The third-order valence-corrected chi connectivity index (χ3v) is 16.9. The fourth-order valence-corrected chi connectivity index (χ4v) is 13.8. The molecule has 0 radical (unpaired) electrons. The first-order valence-electron chi connectivity index (χ1n) is 14.1. The van der Waals surface area contributed by atoms with Gasteiger partial charge in [0.25, 0.3) is 0 Å². The summed E-state index contributed by atoms with van der Waals surface area (Å²) in [7, 11) is 0. The molecule has 35 heavy (non-hydrogen) atoms. The molecule has 0 aromatic heterocycles. The van der Waals surface area contributed by atoms with Crippen LogP contribution in [0.1, 0.15) is 120 Å². The molecule has 196 valence electrons. The van der Waals surface area contributed by atoms with E-state index in [0.717, 1.165) is 11.8 Å². The van der Waals surface area contributed by atoms with Crippen LogP contribution in [0.4, 0.5) is 0 Å². The Morgan fingerprint density at radius 1 is 0.600 bits per heavy atom. The van der Waals surface area contributed by atoms with Crippen molar-refractivity contribution in [2.24, 2.45) is 33.5 Å². The summed E-state index contributed by atoms with van der Waals surface area (Å²) in [6.45, 7) is 20.3. The SMILES string of the molecule is CC1=[C]([Zr+2][C]2=C(C)C=CC2(C)C2(C(C)C)CCCCC2)C(C)(C2(C(C)C)CCCCC2)C=C1.[Cl-].[Cl-]. The second kappa shape index (κ2) is 11.7. The summed E-state index contributed by atoms with van der Waals surface area (Å²) in [5.74, 6) is 1.49. The van der Waals surface area contributed by atoms with Gasteiger partial charge in [0, 0.05) is 0 Å². The Kier molecular flexibility index (Phi) is 10.5. The monoisotopic (exact) mass is 594 g/mol. The van der Waals surface area contributed by atoms with Crippen molar-refractivity contribution in [2.45, 2.75) is 120 Å². The average molecular weight is 597 g/mol. The molecule has 0 heterocycles. The molecule has 0 amide bonds. The normalized spacial score (nSPS) is 31.6. The topological polar surface area (TPSA) is 0 Å². The smallest absolute Gasteiger partial charge is 1.00 e. The largest absolute Gasteiger partial charge is 1.00 e. The van der Waals surface area contributed by atoms with E-state index in [1.54, 1.807) is 11.1 Å². The van der Waals surface area contributed by atoms with Crippen LogP contribution in [-0.4, -0.2) is 0 Å². The molecular formula is C32H50Cl2Zr. The Bertz CT molecular complexity index is 805. The van der Waals surface area contributed by atoms with E-state index in [4.69, 9.17) is 0 Å². The quantitative estimate of drug-likeness (QED) is 0.435. The Labute approximate surface area is 241 Å². The van der Waals surface area contributed by atoms with Gasteiger partial charge < -0.3 is 24.8 Å². The van der Waals surface area contributed by atoms with Gasteiger partial charge in [-0.1, -0.05) is 0 Å². The molecule has 2 saturated carbocycles. The summed E-state index contributed by atoms with van der Waals surface area (Å²) in [5, 5.41) is 0. The molecule has 0 spiro atoms. The molecule has 0 bridgehead atoms. The predicted octanol–water partition coefficient (Wildman–Crippen LogP) is 3.99. The molecule has 2 unspecified atom stereocenters. The van der Waals surface area contributed by atoms with E-state index >= 15 is 0 Å². The van der Waals surface area contributed by atoms with Gasteiger partial charge in [-0.3, -0.25) is 0 Å². The molecule has 2 atom stereocenters. The third-order valence-electron chi connectivity index (χ3n) is 11.2. The van der Waals surface area contributed by atoms with Crippen molar-refractivity contribution in [3.8, 4) is 0 Å². The zero-order valence-electron chi connectivity index (χ0n) is 23.8. The van der Waals surface area contributed by atoms with Crippen LogP contribution in [0.15, 0.2) is 42.0 Å². The van der Waals surface area contributed by atoms with Crippen molar-refractivity contribution in [3.63, 3.8) is 0 Å². The number of halogens is 2. The van der Waals surface area contributed by atoms with Gasteiger partial charge in [0.05, 0.1) is 0 Å². The minimum Gasteiger partial charge on any atom is -1.00 e. The molecular weight excluding hydrogens is 546 g/mol. The van der Waals surface area contributed by atoms with Gasteiger partial charge in [-0.2, -0.15) is 0 Å². The van der Waals surface area contributed by atoms with Crippen LogP contribution < -0.4 is 24.8 Å². The standard InChI is InChI=1S/2C16H25.2ClH.Zr/c2*1-13(2)16(9-6-5-7-10-16)15(4)11-8-14(3)12-15;;;/h2*8,11,13H,5-7,9-10H2,1-4H3;2*1H;/q;;;;+2/p-2. The van der Waals surface area contributed by atoms with Gasteiger partial charge in [-0.15, -0.1) is 0 Å². The second-order valence-corrected chi connectivity index (χ2v) is 16.1. The average Bonchev–Trinajstić information content (AvgIpc) is 3.27. The zero-order valence-corrected chi connectivity index (χ0v) is 27.8. The van der Waals surface area contributed by atoms with E-state index in [-0.39, 0.29) is 35.6 Å². The van der Waals surface area contributed by atoms with E-state index in [1.165, 1.54) is 64.2 Å². The first-order valence-corrected chi connectivity index (χ1v) is 16.6. The van der Waals surface area contributed by atoms with Gasteiger partial charge in [-0.25, -0.2) is 0 Å². The first-order chi connectivity index (χ1) is 15.5. The van der Waals surface area contributed by atoms with Crippen molar-refractivity contribution >= 4 is 0 Å². The van der Waals surface area contributed by atoms with Crippen molar-refractivity contribution in [2.75, 3.05) is 0 Å². The maximum Gasteiger partial charge on any atom is -1.00 e. The van der Waals surface area contributed by atoms with E-state index in [9.17, 15) is 0 Å². The molecule has 4 rings (SSSR count). The van der Waals surface area contributed by atoms with Crippen molar-refractivity contribution < 1.29 is 48.0 Å². The van der Waals surface area contributed by atoms with Crippen LogP contribution in [0.25, 0.3) is 0 Å². The maximum absolute atomic E-state index is 2.68. The summed E-state index contributed by atoms with van der Waals surface area (Å²) in [6, 6.07) is 0. The summed E-state index contributed by atoms with van der Waals surface area (Å²) < 4.78 is 3.83. The summed E-state index contributed by atoms with van der Waals surface area (Å²) >= 11 is -0.915. The maximum atomic E-state index is 2.68. The molecule has 3 heteroatoms. The number of hydrogen-bond donors (Lipinski definition) is 0. The molecule has 2 fully saturated rings. The van der Waals surface area contributed by atoms with Gasteiger partial charge in [0.15, 0.2) is 0 Å². The predicted molar refractivity (Wildman–Crippen MR) is 141 cm³/mol. The van der Waals surface area contributed by atoms with Crippen LogP contribution in [0.3, 0.4) is 0 Å². The van der Waals surface area contributed by atoms with Crippen LogP contribution in [-0.2, 0) is 23.2 Å². The van der Waals surface area contributed by atoms with Crippen LogP contribution in [0.5, 0.6) is 0 Å². The molecule has 0 saturated heterocycles. The molecule has 0 N–H and O–H groups in total. The van der Waals surface area contributed by atoms with E-state index in [1.807, 2.05) is 6.56 Å². The third kappa shape index (κ3) is 4.85. The summed E-state index contributed by atoms with van der Waals surface area (Å²) in [5.41, 5.74) is 4.71. The minimum atomic E-state index is -0.915. The van der Waals surface area contributed by atoms with Crippen molar-refractivity contribution in [3.05, 3.63) is 42.0 Å². The van der Waals surface area contributed by atoms with Crippen LogP contribution >= 0.6 is 0 Å². The number of hydrogen-bond acceptors (Lipinski definition) is 0. The molecule has 4 aliphatic rings. The molecule has 0 aliphatic heterocycles. The van der Waals surface area contributed by atoms with Crippen molar-refractivity contribution in [1.29, 1.82) is 0 Å². The molecule has 0 aromatic carbocycles. The van der Waals surface area contributed by atoms with Crippen molar-refractivity contribution in [1.82, 2.24) is 0 Å². The Morgan fingerprint density at radius 2 is 0.914 bits per heavy atom. The summed E-state index contributed by atoms with van der Waals surface area (Å²) in [4.78, 5) is 0. The molecule has 4 aliphatic carbocycles. The molecule has 0 nitrogen and oxygen atoms in total. The van der Waals surface area contributed by atoms with Gasteiger partial charge in [0.2, 0.25) is 0 Å². The van der Waals surface area contributed by atoms with E-state index < -0.39 is 23.2 Å². The Hall–Kier alpha value is 0.423. The number of rotatable bonds is 6. The van der Waals surface area contributed by atoms with Gasteiger partial charge >= 0.3 is 218 Å². The van der Waals surface area contributed by atoms with E-state index in [2.05, 4.69) is 79.7 Å². The Morgan fingerprint density at radius 3 is 1.20 bits per heavy atom. The second-order valence-electron chi connectivity index (χ2n) is 13.1. The van der Waals surface area contributed by atoms with Crippen LogP contribution in [0, 0.1) is 33.5 Å². The van der Waals surface area contributed by atoms with Gasteiger partial charge in [0.1, 0.15) is 0 Å². The van der Waals surface area contributed by atoms with E-state index in [0.29, 0.717) is 10.8 Å². The first kappa shape index (κ1) is 31.6. The number of allylic oxidation sites excluding steroid dienone is 8. The molecule has 0 aromatic rings. The fraction of sp³-hybridized carbons (Fsp3) is 0.750. The fourth-order valence-electron chi connectivity index (χ4n) is 8.91. The van der Waals surface area contributed by atoms with Gasteiger partial charge in [-0.05, 0) is 0 Å². The zero-order chi connectivity index (χ0) is 24.1. The Balaban J connectivity index is 0.00000216.